The molecule has 3 nitrogen and oxygen atoms in total. The minimum Gasteiger partial charge on any atom is -0.357 e. The van der Waals surface area contributed by atoms with Crippen molar-refractivity contribution in [1.82, 2.24) is 15.3 Å². The highest BCUT2D eigenvalue weighted by Gasteiger charge is 2.24. The summed E-state index contributed by atoms with van der Waals surface area (Å²) in [6, 6.07) is 13.0. The molecule has 3 aromatic rings. The zero-order valence-electron chi connectivity index (χ0n) is 10.6. The van der Waals surface area contributed by atoms with Gasteiger partial charge in [-0.05, 0) is 35.7 Å². The number of aromatic nitrogens is 2. The van der Waals surface area contributed by atoms with E-state index in [9.17, 15) is 0 Å². The Labute approximate surface area is 111 Å². The number of hydrogen-bond donors (Lipinski definition) is 2. The third kappa shape index (κ3) is 1.66. The topological polar surface area (TPSA) is 40.7 Å². The first-order valence-electron chi connectivity index (χ1n) is 6.66. The fourth-order valence-corrected chi connectivity index (χ4v) is 3.02. The van der Waals surface area contributed by atoms with Crippen molar-refractivity contribution < 1.29 is 0 Å². The standard InChI is InChI=1S/C16H15N3/c1-2-4-14-12(3-1)13-7-10-18-15(16(13)19-14)11-5-8-17-9-6-11/h1-6,8-9,15,18-19H,7,10H2. The lowest BCUT2D eigenvalue weighted by molar-refractivity contribution is 0.560. The Morgan fingerprint density at radius 1 is 1.05 bits per heavy atom. The summed E-state index contributed by atoms with van der Waals surface area (Å²) in [5, 5.41) is 4.95. The maximum absolute atomic E-state index is 4.10. The monoisotopic (exact) mass is 249 g/mol. The highest BCUT2D eigenvalue weighted by atomic mass is 15.0. The number of pyridine rings is 1. The largest absolute Gasteiger partial charge is 0.357 e. The molecule has 0 fully saturated rings. The van der Waals surface area contributed by atoms with E-state index in [4.69, 9.17) is 0 Å². The second-order valence-corrected chi connectivity index (χ2v) is 4.98. The summed E-state index contributed by atoms with van der Waals surface area (Å²) >= 11 is 0. The summed E-state index contributed by atoms with van der Waals surface area (Å²) in [5.74, 6) is 0. The summed E-state index contributed by atoms with van der Waals surface area (Å²) in [4.78, 5) is 7.68. The molecule has 1 atom stereocenters. The average molecular weight is 249 g/mol. The van der Waals surface area contributed by atoms with Crippen molar-refractivity contribution in [1.29, 1.82) is 0 Å². The number of fused-ring (bicyclic) bond motifs is 3. The van der Waals surface area contributed by atoms with Crippen molar-refractivity contribution in [2.45, 2.75) is 12.5 Å². The first-order chi connectivity index (χ1) is 9.43. The minimum absolute atomic E-state index is 0.249. The molecule has 1 aliphatic heterocycles. The van der Waals surface area contributed by atoms with Crippen LogP contribution in [0.15, 0.2) is 48.8 Å². The number of para-hydroxylation sites is 1. The van der Waals surface area contributed by atoms with Gasteiger partial charge >= 0.3 is 0 Å². The number of nitrogens with zero attached hydrogens (tertiary/aromatic N) is 1. The van der Waals surface area contributed by atoms with Gasteiger partial charge in [0.25, 0.3) is 0 Å². The van der Waals surface area contributed by atoms with Crippen LogP contribution in [0.3, 0.4) is 0 Å². The second-order valence-electron chi connectivity index (χ2n) is 4.98. The van der Waals surface area contributed by atoms with Gasteiger partial charge in [-0.2, -0.15) is 0 Å². The quantitative estimate of drug-likeness (QED) is 0.696. The second kappa shape index (κ2) is 4.21. The fourth-order valence-electron chi connectivity index (χ4n) is 3.02. The van der Waals surface area contributed by atoms with E-state index in [0.29, 0.717) is 0 Å². The van der Waals surface area contributed by atoms with Crippen LogP contribution in [-0.2, 0) is 6.42 Å². The lowest BCUT2D eigenvalue weighted by Gasteiger charge is -2.24. The molecule has 0 saturated carbocycles. The molecule has 0 spiro atoms. The van der Waals surface area contributed by atoms with Crippen LogP contribution in [0.5, 0.6) is 0 Å². The van der Waals surface area contributed by atoms with Gasteiger partial charge < -0.3 is 10.3 Å². The third-order valence-electron chi connectivity index (χ3n) is 3.90. The van der Waals surface area contributed by atoms with Crippen molar-refractivity contribution in [2.75, 3.05) is 6.54 Å². The molecule has 3 heteroatoms. The smallest absolute Gasteiger partial charge is 0.0733 e. The maximum Gasteiger partial charge on any atom is 0.0733 e. The first-order valence-corrected chi connectivity index (χ1v) is 6.66. The van der Waals surface area contributed by atoms with Gasteiger partial charge in [-0.1, -0.05) is 18.2 Å². The molecule has 0 aliphatic carbocycles. The van der Waals surface area contributed by atoms with Crippen molar-refractivity contribution in [3.63, 3.8) is 0 Å². The molecule has 0 amide bonds. The molecule has 19 heavy (non-hydrogen) atoms. The average Bonchev–Trinajstić information content (AvgIpc) is 2.87. The molecule has 1 unspecified atom stereocenters. The van der Waals surface area contributed by atoms with E-state index in [1.807, 2.05) is 12.4 Å². The number of hydrogen-bond acceptors (Lipinski definition) is 2. The van der Waals surface area contributed by atoms with E-state index >= 15 is 0 Å². The zero-order valence-corrected chi connectivity index (χ0v) is 10.6. The van der Waals surface area contributed by atoms with Crippen molar-refractivity contribution in [3.8, 4) is 0 Å². The molecular formula is C16H15N3. The Balaban J connectivity index is 1.91. The molecule has 94 valence electrons. The number of H-pyrrole nitrogens is 1. The van der Waals surface area contributed by atoms with Crippen LogP contribution in [0, 0.1) is 0 Å². The van der Waals surface area contributed by atoms with E-state index < -0.39 is 0 Å². The summed E-state index contributed by atoms with van der Waals surface area (Å²) in [7, 11) is 0. The van der Waals surface area contributed by atoms with Gasteiger partial charge in [0.15, 0.2) is 0 Å². The van der Waals surface area contributed by atoms with Crippen LogP contribution in [-0.4, -0.2) is 16.5 Å². The first kappa shape index (κ1) is 10.8. The van der Waals surface area contributed by atoms with Gasteiger partial charge in [0.1, 0.15) is 0 Å². The number of nitrogens with one attached hydrogen (secondary N) is 2. The lowest BCUT2D eigenvalue weighted by Crippen LogP contribution is -2.30. The summed E-state index contributed by atoms with van der Waals surface area (Å²) in [5.41, 5.74) is 5.26. The Morgan fingerprint density at radius 3 is 2.79 bits per heavy atom. The summed E-state index contributed by atoms with van der Waals surface area (Å²) < 4.78 is 0. The van der Waals surface area contributed by atoms with Crippen LogP contribution < -0.4 is 5.32 Å². The van der Waals surface area contributed by atoms with Crippen LogP contribution in [0.1, 0.15) is 22.9 Å². The van der Waals surface area contributed by atoms with E-state index in [1.165, 1.54) is 27.7 Å². The molecule has 4 rings (SSSR count). The molecular weight excluding hydrogens is 234 g/mol. The van der Waals surface area contributed by atoms with Crippen LogP contribution in [0.2, 0.25) is 0 Å². The zero-order chi connectivity index (χ0) is 12.7. The van der Waals surface area contributed by atoms with E-state index in [1.54, 1.807) is 0 Å². The third-order valence-corrected chi connectivity index (χ3v) is 3.90. The number of rotatable bonds is 1. The van der Waals surface area contributed by atoms with E-state index in [2.05, 4.69) is 51.7 Å². The fraction of sp³-hybridized carbons (Fsp3) is 0.188. The molecule has 2 N–H and O–H groups in total. The SMILES string of the molecule is c1ccc2c3c([nH]c2c1)C(c1ccncc1)NCC3. The molecule has 0 radical (unpaired) electrons. The molecule has 3 heterocycles. The van der Waals surface area contributed by atoms with Crippen LogP contribution in [0.25, 0.3) is 10.9 Å². The van der Waals surface area contributed by atoms with E-state index in [-0.39, 0.29) is 6.04 Å². The van der Waals surface area contributed by atoms with Gasteiger partial charge in [-0.15, -0.1) is 0 Å². The van der Waals surface area contributed by atoms with Crippen LogP contribution >= 0.6 is 0 Å². The van der Waals surface area contributed by atoms with Gasteiger partial charge in [0.2, 0.25) is 0 Å². The minimum atomic E-state index is 0.249. The van der Waals surface area contributed by atoms with E-state index in [0.717, 1.165) is 13.0 Å². The number of aromatic amines is 1. The molecule has 1 aliphatic rings. The molecule has 0 bridgehead atoms. The van der Waals surface area contributed by atoms with Crippen LogP contribution in [0.4, 0.5) is 0 Å². The Kier molecular flexibility index (Phi) is 2.38. The highest BCUT2D eigenvalue weighted by molar-refractivity contribution is 5.85. The summed E-state index contributed by atoms with van der Waals surface area (Å²) in [6.45, 7) is 1.02. The van der Waals surface area contributed by atoms with Gasteiger partial charge in [0, 0.05) is 35.5 Å². The van der Waals surface area contributed by atoms with Crippen molar-refractivity contribution in [2.24, 2.45) is 0 Å². The molecule has 2 aromatic heterocycles. The van der Waals surface area contributed by atoms with Gasteiger partial charge in [-0.3, -0.25) is 4.98 Å². The van der Waals surface area contributed by atoms with Gasteiger partial charge in [0.05, 0.1) is 6.04 Å². The summed E-state index contributed by atoms with van der Waals surface area (Å²) in [6.07, 6.45) is 4.79. The highest BCUT2D eigenvalue weighted by Crippen LogP contribution is 2.32. The Bertz CT molecular complexity index is 715. The predicted molar refractivity (Wildman–Crippen MR) is 76.1 cm³/mol. The molecule has 0 saturated heterocycles. The van der Waals surface area contributed by atoms with Crippen molar-refractivity contribution in [3.05, 3.63) is 65.6 Å². The lowest BCUT2D eigenvalue weighted by atomic mass is 9.95. The maximum atomic E-state index is 4.10. The Morgan fingerprint density at radius 2 is 1.89 bits per heavy atom. The normalized spacial score (nSPS) is 18.4. The molecule has 1 aromatic carbocycles. The van der Waals surface area contributed by atoms with Crippen molar-refractivity contribution >= 4 is 10.9 Å². The predicted octanol–water partition coefficient (Wildman–Crippen LogP) is 2.80. The van der Waals surface area contributed by atoms with Gasteiger partial charge in [-0.25, -0.2) is 0 Å². The Hall–Kier alpha value is -2.13. The number of benzene rings is 1.